The number of halogens is 1. The zero-order valence-corrected chi connectivity index (χ0v) is 14.5. The van der Waals surface area contributed by atoms with Crippen molar-refractivity contribution >= 4 is 23.4 Å². The molecule has 7 nitrogen and oxygen atoms in total. The molecular formula is C16H11ClN4O3S. The van der Waals surface area contributed by atoms with Crippen LogP contribution >= 0.6 is 23.4 Å². The van der Waals surface area contributed by atoms with Gasteiger partial charge in [-0.05, 0) is 25.1 Å². The predicted octanol–water partition coefficient (Wildman–Crippen LogP) is 4.63. The molecule has 0 amide bonds. The van der Waals surface area contributed by atoms with Gasteiger partial charge in [-0.1, -0.05) is 40.7 Å². The summed E-state index contributed by atoms with van der Waals surface area (Å²) in [6, 6.07) is 9.10. The van der Waals surface area contributed by atoms with Crippen molar-refractivity contribution in [1.82, 2.24) is 20.3 Å². The van der Waals surface area contributed by atoms with Crippen LogP contribution in [0.25, 0.3) is 22.8 Å². The van der Waals surface area contributed by atoms with Crippen LogP contribution in [0.1, 0.15) is 11.7 Å². The molecule has 0 aliphatic rings. The van der Waals surface area contributed by atoms with Gasteiger partial charge in [0, 0.05) is 5.56 Å². The van der Waals surface area contributed by atoms with E-state index in [1.165, 1.54) is 11.8 Å². The van der Waals surface area contributed by atoms with Crippen LogP contribution in [0.2, 0.25) is 5.02 Å². The first kappa shape index (κ1) is 15.9. The summed E-state index contributed by atoms with van der Waals surface area (Å²) >= 11 is 7.45. The van der Waals surface area contributed by atoms with E-state index in [4.69, 9.17) is 25.0 Å². The van der Waals surface area contributed by atoms with Crippen molar-refractivity contribution in [3.8, 4) is 22.8 Å². The molecule has 0 N–H and O–H groups in total. The second-order valence-electron chi connectivity index (χ2n) is 5.04. The number of furan rings is 1. The van der Waals surface area contributed by atoms with Gasteiger partial charge in [-0.25, -0.2) is 0 Å². The number of hydrogen-bond acceptors (Lipinski definition) is 8. The fourth-order valence-corrected chi connectivity index (χ4v) is 2.99. The molecule has 3 aromatic heterocycles. The normalized spacial score (nSPS) is 11.1. The molecule has 0 fully saturated rings. The highest BCUT2D eigenvalue weighted by Gasteiger charge is 2.15. The molecule has 0 radical (unpaired) electrons. The van der Waals surface area contributed by atoms with E-state index in [1.807, 2.05) is 25.1 Å². The summed E-state index contributed by atoms with van der Waals surface area (Å²) in [5.41, 5.74) is 1.50. The first-order chi connectivity index (χ1) is 12.2. The van der Waals surface area contributed by atoms with Crippen LogP contribution in [0.4, 0.5) is 0 Å². The van der Waals surface area contributed by atoms with Gasteiger partial charge in [0.05, 0.1) is 22.6 Å². The van der Waals surface area contributed by atoms with Gasteiger partial charge in [0.15, 0.2) is 0 Å². The molecule has 4 aromatic rings. The minimum absolute atomic E-state index is 0.406. The molecule has 0 saturated heterocycles. The maximum atomic E-state index is 6.14. The minimum Gasteiger partial charge on any atom is -0.469 e. The van der Waals surface area contributed by atoms with Crippen molar-refractivity contribution in [3.63, 3.8) is 0 Å². The number of thioether (sulfide) groups is 1. The summed E-state index contributed by atoms with van der Waals surface area (Å²) in [7, 11) is 0. The van der Waals surface area contributed by atoms with Crippen LogP contribution in [0.5, 0.6) is 0 Å². The third kappa shape index (κ3) is 3.31. The molecule has 1 aromatic carbocycles. The first-order valence-corrected chi connectivity index (χ1v) is 8.65. The lowest BCUT2D eigenvalue weighted by Crippen LogP contribution is -1.84. The van der Waals surface area contributed by atoms with Gasteiger partial charge in [0.2, 0.25) is 11.7 Å². The number of benzene rings is 1. The Morgan fingerprint density at radius 1 is 1.12 bits per heavy atom. The van der Waals surface area contributed by atoms with Gasteiger partial charge in [0.25, 0.3) is 11.1 Å². The highest BCUT2D eigenvalue weighted by Crippen LogP contribution is 2.29. The van der Waals surface area contributed by atoms with Crippen LogP contribution in [-0.2, 0) is 5.75 Å². The largest absolute Gasteiger partial charge is 0.469 e. The second-order valence-corrected chi connectivity index (χ2v) is 6.38. The average molecular weight is 375 g/mol. The lowest BCUT2D eigenvalue weighted by Gasteiger charge is -1.95. The van der Waals surface area contributed by atoms with E-state index in [9.17, 15) is 0 Å². The van der Waals surface area contributed by atoms with Crippen LogP contribution in [-0.4, -0.2) is 20.3 Å². The van der Waals surface area contributed by atoms with Crippen molar-refractivity contribution in [2.45, 2.75) is 17.9 Å². The second kappa shape index (κ2) is 6.73. The quantitative estimate of drug-likeness (QED) is 0.467. The summed E-state index contributed by atoms with van der Waals surface area (Å²) in [5, 5.41) is 12.9. The smallest absolute Gasteiger partial charge is 0.277 e. The SMILES string of the molecule is Cc1occc1-c1nnc(SCc2nc(-c3ccccc3Cl)no2)o1. The van der Waals surface area contributed by atoms with Crippen LogP contribution in [0, 0.1) is 6.92 Å². The summed E-state index contributed by atoms with van der Waals surface area (Å²) in [6.45, 7) is 1.83. The van der Waals surface area contributed by atoms with Crippen molar-refractivity contribution in [2.75, 3.05) is 0 Å². The van der Waals surface area contributed by atoms with E-state index in [0.29, 0.717) is 33.6 Å². The molecule has 0 atom stereocenters. The molecule has 9 heteroatoms. The lowest BCUT2D eigenvalue weighted by atomic mass is 10.2. The number of aromatic nitrogens is 4. The highest BCUT2D eigenvalue weighted by atomic mass is 35.5. The summed E-state index contributed by atoms with van der Waals surface area (Å²) < 4.78 is 16.1. The molecule has 4 rings (SSSR count). The van der Waals surface area contributed by atoms with Gasteiger partial charge in [0.1, 0.15) is 5.76 Å². The van der Waals surface area contributed by atoms with E-state index >= 15 is 0 Å². The third-order valence-corrected chi connectivity index (χ3v) is 4.53. The number of aryl methyl sites for hydroxylation is 1. The summed E-state index contributed by atoms with van der Waals surface area (Å²) in [5.74, 6) is 2.43. The fourth-order valence-electron chi connectivity index (χ4n) is 2.17. The van der Waals surface area contributed by atoms with Gasteiger partial charge in [-0.3, -0.25) is 0 Å². The van der Waals surface area contributed by atoms with Gasteiger partial charge in [-0.15, -0.1) is 10.2 Å². The molecule has 0 aliphatic carbocycles. The molecule has 126 valence electrons. The molecule has 0 spiro atoms. The van der Waals surface area contributed by atoms with E-state index in [-0.39, 0.29) is 0 Å². The summed E-state index contributed by atoms with van der Waals surface area (Å²) in [6.07, 6.45) is 1.58. The lowest BCUT2D eigenvalue weighted by molar-refractivity contribution is 0.391. The molecule has 0 unspecified atom stereocenters. The Labute approximate surface area is 151 Å². The fraction of sp³-hybridized carbons (Fsp3) is 0.125. The summed E-state index contributed by atoms with van der Waals surface area (Å²) in [4.78, 5) is 4.34. The van der Waals surface area contributed by atoms with E-state index < -0.39 is 0 Å². The molecule has 0 aliphatic heterocycles. The zero-order chi connectivity index (χ0) is 17.2. The van der Waals surface area contributed by atoms with E-state index in [1.54, 1.807) is 18.4 Å². The van der Waals surface area contributed by atoms with Crippen LogP contribution < -0.4 is 0 Å². The Morgan fingerprint density at radius 3 is 2.80 bits per heavy atom. The Morgan fingerprint density at radius 2 is 2.00 bits per heavy atom. The van der Waals surface area contributed by atoms with Crippen LogP contribution in [0.3, 0.4) is 0 Å². The van der Waals surface area contributed by atoms with E-state index in [2.05, 4.69) is 20.3 Å². The van der Waals surface area contributed by atoms with Gasteiger partial charge < -0.3 is 13.4 Å². The Bertz CT molecular complexity index is 1010. The third-order valence-electron chi connectivity index (χ3n) is 3.40. The molecule has 3 heterocycles. The first-order valence-electron chi connectivity index (χ1n) is 7.29. The maximum absolute atomic E-state index is 6.14. The minimum atomic E-state index is 0.406. The standard InChI is InChI=1S/C16H11ClN4O3S/c1-9-10(6-7-22-9)15-19-20-16(23-15)25-8-13-18-14(21-24-13)11-4-2-3-5-12(11)17/h2-7H,8H2,1H3. The maximum Gasteiger partial charge on any atom is 0.277 e. The molecule has 25 heavy (non-hydrogen) atoms. The van der Waals surface area contributed by atoms with Crippen LogP contribution in [0.15, 0.2) is 55.2 Å². The number of nitrogens with zero attached hydrogens (tertiary/aromatic N) is 4. The van der Waals surface area contributed by atoms with Crippen molar-refractivity contribution in [1.29, 1.82) is 0 Å². The Balaban J connectivity index is 1.45. The topological polar surface area (TPSA) is 91.0 Å². The molecule has 0 saturated carbocycles. The predicted molar refractivity (Wildman–Crippen MR) is 91.0 cm³/mol. The highest BCUT2D eigenvalue weighted by molar-refractivity contribution is 7.98. The van der Waals surface area contributed by atoms with E-state index in [0.717, 1.165) is 16.9 Å². The Kier molecular flexibility index (Phi) is 4.29. The zero-order valence-electron chi connectivity index (χ0n) is 13.0. The average Bonchev–Trinajstić information content (AvgIpc) is 3.33. The van der Waals surface area contributed by atoms with Crippen molar-refractivity contribution in [2.24, 2.45) is 0 Å². The number of rotatable bonds is 5. The number of hydrogen-bond donors (Lipinski definition) is 0. The Hall–Kier alpha value is -2.58. The molecule has 0 bridgehead atoms. The van der Waals surface area contributed by atoms with Gasteiger partial charge in [-0.2, -0.15) is 4.98 Å². The van der Waals surface area contributed by atoms with Gasteiger partial charge >= 0.3 is 0 Å². The van der Waals surface area contributed by atoms with Crippen molar-refractivity contribution < 1.29 is 13.4 Å². The van der Waals surface area contributed by atoms with Crippen molar-refractivity contribution in [3.05, 3.63) is 53.3 Å². The molecular weight excluding hydrogens is 364 g/mol. The monoisotopic (exact) mass is 374 g/mol.